The van der Waals surface area contributed by atoms with E-state index >= 15 is 0 Å². The Morgan fingerprint density at radius 1 is 1.53 bits per heavy atom. The van der Waals surface area contributed by atoms with Gasteiger partial charge in [0.05, 0.1) is 7.11 Å². The molecule has 2 nitrogen and oxygen atoms in total. The van der Waals surface area contributed by atoms with Gasteiger partial charge in [-0.25, -0.2) is 0 Å². The zero-order chi connectivity index (χ0) is 11.4. The number of thioether (sulfide) groups is 1. The van der Waals surface area contributed by atoms with E-state index in [0.717, 1.165) is 16.2 Å². The molecule has 0 aliphatic carbocycles. The highest BCUT2D eigenvalue weighted by atomic mass is 79.9. The molecular formula is C11H13BrO2S. The van der Waals surface area contributed by atoms with Gasteiger partial charge in [0.15, 0.2) is 0 Å². The first-order chi connectivity index (χ1) is 7.11. The Morgan fingerprint density at radius 2 is 2.20 bits per heavy atom. The Morgan fingerprint density at radius 3 is 2.67 bits per heavy atom. The van der Waals surface area contributed by atoms with Crippen molar-refractivity contribution in [3.8, 4) is 5.75 Å². The Bertz CT molecular complexity index is 366. The molecule has 1 unspecified atom stereocenters. The molecule has 1 atom stereocenters. The van der Waals surface area contributed by atoms with E-state index in [4.69, 9.17) is 4.74 Å². The third-order valence-electron chi connectivity index (χ3n) is 2.06. The normalized spacial score (nSPS) is 12.3. The number of carbonyl (C=O) groups is 1. The zero-order valence-electron chi connectivity index (χ0n) is 8.91. The summed E-state index contributed by atoms with van der Waals surface area (Å²) in [5.74, 6) is 0.855. The second-order valence-corrected chi connectivity index (χ2v) is 4.82. The maximum Gasteiger partial charge on any atom is 0.147 e. The van der Waals surface area contributed by atoms with Crippen LogP contribution in [0.15, 0.2) is 23.1 Å². The van der Waals surface area contributed by atoms with Crippen LogP contribution in [0.1, 0.15) is 17.3 Å². The number of ketones is 1. The molecule has 0 aliphatic heterocycles. The second-order valence-electron chi connectivity index (χ2n) is 3.06. The number of methoxy groups -OCH3 is 1. The van der Waals surface area contributed by atoms with Crippen LogP contribution in [-0.4, -0.2) is 19.1 Å². The molecule has 0 N–H and O–H groups in total. The van der Waals surface area contributed by atoms with Crippen molar-refractivity contribution in [1.29, 1.82) is 0 Å². The summed E-state index contributed by atoms with van der Waals surface area (Å²) in [6.45, 7) is 1.56. The van der Waals surface area contributed by atoms with Crippen molar-refractivity contribution in [2.45, 2.75) is 16.6 Å². The number of rotatable bonds is 4. The molecule has 1 rings (SSSR count). The molecule has 15 heavy (non-hydrogen) atoms. The van der Waals surface area contributed by atoms with Crippen LogP contribution in [0.25, 0.3) is 0 Å². The van der Waals surface area contributed by atoms with Gasteiger partial charge in [-0.3, -0.25) is 4.79 Å². The summed E-state index contributed by atoms with van der Waals surface area (Å²) in [4.78, 5) is 12.1. The van der Waals surface area contributed by atoms with Gasteiger partial charge in [-0.2, -0.15) is 0 Å². The number of halogens is 1. The summed E-state index contributed by atoms with van der Waals surface area (Å²) in [6.07, 6.45) is 1.98. The first kappa shape index (κ1) is 12.6. The lowest BCUT2D eigenvalue weighted by Gasteiger charge is -2.14. The molecule has 1 aromatic rings. The van der Waals surface area contributed by atoms with Crippen molar-refractivity contribution in [3.63, 3.8) is 0 Å². The van der Waals surface area contributed by atoms with Gasteiger partial charge in [0.25, 0.3) is 0 Å². The van der Waals surface area contributed by atoms with Crippen molar-refractivity contribution in [2.24, 2.45) is 0 Å². The summed E-state index contributed by atoms with van der Waals surface area (Å²) >= 11 is 4.97. The molecule has 82 valence electrons. The molecule has 0 aromatic heterocycles. The van der Waals surface area contributed by atoms with Gasteiger partial charge in [-0.15, -0.1) is 11.8 Å². The molecule has 0 radical (unpaired) electrons. The Labute approximate surface area is 103 Å². The zero-order valence-corrected chi connectivity index (χ0v) is 11.3. The minimum absolute atomic E-state index is 0.0755. The number of para-hydroxylation sites is 1. The SMILES string of the molecule is COc1c(SC)cccc1C(Br)C(C)=O. The van der Waals surface area contributed by atoms with Gasteiger partial charge in [0.1, 0.15) is 16.4 Å². The molecule has 0 saturated carbocycles. The molecule has 0 fully saturated rings. The molecule has 0 aliphatic rings. The molecule has 0 spiro atoms. The molecule has 4 heteroatoms. The Balaban J connectivity index is 3.22. The number of ether oxygens (including phenoxy) is 1. The maximum atomic E-state index is 11.3. The topological polar surface area (TPSA) is 26.3 Å². The third-order valence-corrected chi connectivity index (χ3v) is 3.96. The van der Waals surface area contributed by atoms with Crippen LogP contribution in [0.5, 0.6) is 5.75 Å². The smallest absolute Gasteiger partial charge is 0.147 e. The van der Waals surface area contributed by atoms with Crippen molar-refractivity contribution in [3.05, 3.63) is 23.8 Å². The number of carbonyl (C=O) groups excluding carboxylic acids is 1. The summed E-state index contributed by atoms with van der Waals surface area (Å²) < 4.78 is 5.34. The quantitative estimate of drug-likeness (QED) is 0.627. The van der Waals surface area contributed by atoms with E-state index in [1.54, 1.807) is 25.8 Å². The number of Topliss-reactive ketones (excluding diaryl/α,β-unsaturated/α-hetero) is 1. The maximum absolute atomic E-state index is 11.3. The molecule has 0 bridgehead atoms. The van der Waals surface area contributed by atoms with E-state index < -0.39 is 0 Å². The summed E-state index contributed by atoms with van der Waals surface area (Å²) in [5, 5.41) is 0. The molecule has 1 aromatic carbocycles. The van der Waals surface area contributed by atoms with E-state index in [9.17, 15) is 4.79 Å². The summed E-state index contributed by atoms with van der Waals surface area (Å²) in [6, 6.07) is 5.81. The number of hydrogen-bond donors (Lipinski definition) is 0. The third kappa shape index (κ3) is 2.75. The average Bonchev–Trinajstić information content (AvgIpc) is 2.26. The second kappa shape index (κ2) is 5.56. The fourth-order valence-electron chi connectivity index (χ4n) is 1.33. The number of hydrogen-bond acceptors (Lipinski definition) is 3. The fourth-order valence-corrected chi connectivity index (χ4v) is 2.29. The number of alkyl halides is 1. The van der Waals surface area contributed by atoms with Crippen molar-refractivity contribution in [2.75, 3.05) is 13.4 Å². The van der Waals surface area contributed by atoms with Gasteiger partial charge >= 0.3 is 0 Å². The Kier molecular flexibility index (Phi) is 4.67. The van der Waals surface area contributed by atoms with E-state index in [-0.39, 0.29) is 10.6 Å². The lowest BCUT2D eigenvalue weighted by atomic mass is 10.1. The van der Waals surface area contributed by atoms with Crippen LogP contribution < -0.4 is 4.74 Å². The van der Waals surface area contributed by atoms with Gasteiger partial charge in [0.2, 0.25) is 0 Å². The number of benzene rings is 1. The lowest BCUT2D eigenvalue weighted by molar-refractivity contribution is -0.116. The van der Waals surface area contributed by atoms with Crippen LogP contribution in [0, 0.1) is 0 Å². The molecule has 0 amide bonds. The van der Waals surface area contributed by atoms with Crippen molar-refractivity contribution in [1.82, 2.24) is 0 Å². The molecule has 0 heterocycles. The van der Waals surface area contributed by atoms with E-state index in [0.29, 0.717) is 0 Å². The minimum Gasteiger partial charge on any atom is -0.495 e. The van der Waals surface area contributed by atoms with Crippen molar-refractivity contribution >= 4 is 33.5 Å². The molecular weight excluding hydrogens is 276 g/mol. The largest absolute Gasteiger partial charge is 0.495 e. The van der Waals surface area contributed by atoms with Crippen LogP contribution in [0.3, 0.4) is 0 Å². The monoisotopic (exact) mass is 288 g/mol. The lowest BCUT2D eigenvalue weighted by Crippen LogP contribution is -2.03. The summed E-state index contributed by atoms with van der Waals surface area (Å²) in [7, 11) is 1.62. The van der Waals surface area contributed by atoms with Crippen molar-refractivity contribution < 1.29 is 9.53 Å². The minimum atomic E-state index is -0.292. The predicted molar refractivity (Wildman–Crippen MR) is 67.1 cm³/mol. The first-order valence-electron chi connectivity index (χ1n) is 4.47. The van der Waals surface area contributed by atoms with Gasteiger partial charge in [0, 0.05) is 10.5 Å². The molecule has 0 saturated heterocycles. The predicted octanol–water partition coefficient (Wildman–Crippen LogP) is 3.44. The van der Waals surface area contributed by atoms with Crippen LogP contribution in [0.2, 0.25) is 0 Å². The van der Waals surface area contributed by atoms with Crippen LogP contribution in [-0.2, 0) is 4.79 Å². The van der Waals surface area contributed by atoms with Gasteiger partial charge in [-0.05, 0) is 19.2 Å². The standard InChI is InChI=1S/C11H13BrO2S/c1-7(13)10(12)8-5-4-6-9(15-3)11(8)14-2/h4-6,10H,1-3H3. The highest BCUT2D eigenvalue weighted by molar-refractivity contribution is 9.09. The fraction of sp³-hybridized carbons (Fsp3) is 0.364. The van der Waals surface area contributed by atoms with Gasteiger partial charge in [-0.1, -0.05) is 28.1 Å². The van der Waals surface area contributed by atoms with E-state index in [1.807, 2.05) is 24.5 Å². The van der Waals surface area contributed by atoms with Crippen LogP contribution >= 0.6 is 27.7 Å². The average molecular weight is 289 g/mol. The highest BCUT2D eigenvalue weighted by Gasteiger charge is 2.19. The van der Waals surface area contributed by atoms with Gasteiger partial charge < -0.3 is 4.74 Å². The van der Waals surface area contributed by atoms with E-state index in [1.165, 1.54) is 0 Å². The Hall–Kier alpha value is -0.480. The first-order valence-corrected chi connectivity index (χ1v) is 6.61. The summed E-state index contributed by atoms with van der Waals surface area (Å²) in [5.41, 5.74) is 0.886. The highest BCUT2D eigenvalue weighted by Crippen LogP contribution is 2.37. The van der Waals surface area contributed by atoms with Crippen LogP contribution in [0.4, 0.5) is 0 Å². The van der Waals surface area contributed by atoms with E-state index in [2.05, 4.69) is 15.9 Å².